The predicted molar refractivity (Wildman–Crippen MR) is 130 cm³/mol. The van der Waals surface area contributed by atoms with E-state index in [-0.39, 0.29) is 6.61 Å². The molecule has 3 rings (SSSR count). The van der Waals surface area contributed by atoms with E-state index in [0.717, 1.165) is 28.0 Å². The van der Waals surface area contributed by atoms with Gasteiger partial charge in [0, 0.05) is 32.7 Å². The first-order valence-electron chi connectivity index (χ1n) is 11.4. The third-order valence-corrected chi connectivity index (χ3v) is 8.19. The number of sulfonamides is 1. The molecule has 0 amide bonds. The summed E-state index contributed by atoms with van der Waals surface area (Å²) < 4.78 is 38.9. The molecule has 1 aromatic heterocycles. The van der Waals surface area contributed by atoms with Crippen molar-refractivity contribution in [2.24, 2.45) is 0 Å². The number of hydrogen-bond acceptors (Lipinski definition) is 8. The van der Waals surface area contributed by atoms with Crippen molar-refractivity contribution in [3.05, 3.63) is 52.5 Å². The van der Waals surface area contributed by atoms with Crippen LogP contribution in [0.2, 0.25) is 0 Å². The highest BCUT2D eigenvalue weighted by Gasteiger charge is 2.32. The number of ether oxygens (including phenoxy) is 1. The molecule has 12 heteroatoms. The second-order valence-electron chi connectivity index (χ2n) is 8.65. The monoisotopic (exact) mass is 526 g/mol. The van der Waals surface area contributed by atoms with Gasteiger partial charge in [-0.25, -0.2) is 18.0 Å². The SMILES string of the molecule is Cc1cc(C)c(C)c(S(=O)(=O)N2CCN(CC(O)COCc3ccco3)CC2)c1C.O=C(O)C(=O)O. The summed E-state index contributed by atoms with van der Waals surface area (Å²) in [5.41, 5.74) is 3.63. The quantitative estimate of drug-likeness (QED) is 0.431. The number of carboxylic acid groups (broad SMARTS) is 2. The number of piperazine rings is 1. The lowest BCUT2D eigenvalue weighted by Crippen LogP contribution is -2.50. The number of hydrogen-bond donors (Lipinski definition) is 3. The van der Waals surface area contributed by atoms with E-state index in [1.54, 1.807) is 16.6 Å². The van der Waals surface area contributed by atoms with Crippen LogP contribution >= 0.6 is 0 Å². The largest absolute Gasteiger partial charge is 0.473 e. The minimum absolute atomic E-state index is 0.209. The van der Waals surface area contributed by atoms with Crippen LogP contribution in [0, 0.1) is 27.7 Å². The maximum absolute atomic E-state index is 13.3. The highest BCUT2D eigenvalue weighted by molar-refractivity contribution is 7.89. The van der Waals surface area contributed by atoms with Gasteiger partial charge in [-0.2, -0.15) is 4.31 Å². The molecule has 0 aliphatic carbocycles. The number of aryl methyl sites for hydroxylation is 2. The second-order valence-corrected chi connectivity index (χ2v) is 10.5. The first kappa shape index (κ1) is 29.5. The Morgan fingerprint density at radius 3 is 2.06 bits per heavy atom. The smallest absolute Gasteiger partial charge is 0.414 e. The zero-order chi connectivity index (χ0) is 27.0. The van der Waals surface area contributed by atoms with Gasteiger partial charge in [-0.05, 0) is 62.1 Å². The Morgan fingerprint density at radius 1 is 1.03 bits per heavy atom. The van der Waals surface area contributed by atoms with Crippen LogP contribution in [0.15, 0.2) is 33.8 Å². The second kappa shape index (κ2) is 13.0. The van der Waals surface area contributed by atoms with E-state index in [2.05, 4.69) is 4.90 Å². The summed E-state index contributed by atoms with van der Waals surface area (Å²) in [6, 6.07) is 5.66. The zero-order valence-electron chi connectivity index (χ0n) is 20.9. The number of aliphatic hydroxyl groups excluding tert-OH is 1. The highest BCUT2D eigenvalue weighted by atomic mass is 32.2. The number of carboxylic acids is 2. The average molecular weight is 527 g/mol. The fourth-order valence-corrected chi connectivity index (χ4v) is 5.89. The van der Waals surface area contributed by atoms with Gasteiger partial charge in [0.15, 0.2) is 0 Å². The van der Waals surface area contributed by atoms with E-state index in [0.29, 0.717) is 44.2 Å². The molecular weight excluding hydrogens is 492 g/mol. The maximum Gasteiger partial charge on any atom is 0.414 e. The molecule has 200 valence electrons. The van der Waals surface area contributed by atoms with E-state index < -0.39 is 28.1 Å². The Balaban J connectivity index is 0.000000678. The standard InChI is InChI=1S/C22H32N2O5S.C2H2O4/c1-16-12-17(2)19(4)22(18(16)3)30(26,27)24-9-7-23(8-10-24)13-20(25)14-28-15-21-6-5-11-29-21;3-1(4)2(5)6/h5-6,11-12,20,25H,7-10,13-15H2,1-4H3;(H,3,4)(H,5,6). The van der Waals surface area contributed by atoms with Crippen LogP contribution in [0.5, 0.6) is 0 Å². The van der Waals surface area contributed by atoms with Crippen molar-refractivity contribution in [1.29, 1.82) is 0 Å². The Morgan fingerprint density at radius 2 is 1.58 bits per heavy atom. The van der Waals surface area contributed by atoms with Crippen molar-refractivity contribution in [3.63, 3.8) is 0 Å². The van der Waals surface area contributed by atoms with E-state index in [1.165, 1.54) is 0 Å². The molecular formula is C24H34N2O9S. The van der Waals surface area contributed by atoms with Gasteiger partial charge >= 0.3 is 11.9 Å². The molecule has 2 aromatic rings. The molecule has 1 atom stereocenters. The lowest BCUT2D eigenvalue weighted by atomic mass is 10.0. The molecule has 36 heavy (non-hydrogen) atoms. The molecule has 2 heterocycles. The van der Waals surface area contributed by atoms with Crippen molar-refractivity contribution in [3.8, 4) is 0 Å². The van der Waals surface area contributed by atoms with E-state index in [9.17, 15) is 13.5 Å². The molecule has 1 aliphatic heterocycles. The fourth-order valence-electron chi connectivity index (χ4n) is 3.89. The Hall–Kier alpha value is -2.77. The fraction of sp³-hybridized carbons (Fsp3) is 0.500. The van der Waals surface area contributed by atoms with Gasteiger partial charge in [-0.15, -0.1) is 0 Å². The molecule has 1 aromatic carbocycles. The average Bonchev–Trinajstić information content (AvgIpc) is 3.32. The first-order chi connectivity index (χ1) is 16.8. The van der Waals surface area contributed by atoms with Gasteiger partial charge in [-0.1, -0.05) is 6.07 Å². The van der Waals surface area contributed by atoms with Crippen LogP contribution in [0.25, 0.3) is 0 Å². The molecule has 1 saturated heterocycles. The number of rotatable bonds is 8. The summed E-state index contributed by atoms with van der Waals surface area (Å²) in [4.78, 5) is 20.7. The van der Waals surface area contributed by atoms with Crippen LogP contribution in [0.3, 0.4) is 0 Å². The Bertz CT molecular complexity index is 1100. The van der Waals surface area contributed by atoms with Crippen molar-refractivity contribution in [1.82, 2.24) is 9.21 Å². The number of aliphatic hydroxyl groups is 1. The first-order valence-corrected chi connectivity index (χ1v) is 12.8. The zero-order valence-corrected chi connectivity index (χ0v) is 21.7. The summed E-state index contributed by atoms with van der Waals surface area (Å²) in [5.74, 6) is -2.93. The van der Waals surface area contributed by atoms with Gasteiger partial charge in [0.1, 0.15) is 12.4 Å². The number of aliphatic carboxylic acids is 2. The van der Waals surface area contributed by atoms with Crippen molar-refractivity contribution in [2.45, 2.75) is 45.3 Å². The van der Waals surface area contributed by atoms with Crippen LogP contribution in [0.1, 0.15) is 28.0 Å². The molecule has 3 N–H and O–H groups in total. The molecule has 0 bridgehead atoms. The van der Waals surface area contributed by atoms with Gasteiger partial charge in [0.05, 0.1) is 23.9 Å². The van der Waals surface area contributed by atoms with E-state index in [4.69, 9.17) is 29.0 Å². The number of carbonyl (C=O) groups is 2. The molecule has 11 nitrogen and oxygen atoms in total. The summed E-state index contributed by atoms with van der Waals surface area (Å²) >= 11 is 0. The van der Waals surface area contributed by atoms with Gasteiger partial charge in [-0.3, -0.25) is 4.90 Å². The van der Waals surface area contributed by atoms with Crippen molar-refractivity contribution in [2.75, 3.05) is 39.3 Å². The van der Waals surface area contributed by atoms with Crippen molar-refractivity contribution < 1.29 is 42.5 Å². The van der Waals surface area contributed by atoms with E-state index in [1.807, 2.05) is 39.8 Å². The van der Waals surface area contributed by atoms with Gasteiger partial charge in [0.25, 0.3) is 0 Å². The minimum Gasteiger partial charge on any atom is -0.473 e. The third kappa shape index (κ3) is 7.87. The predicted octanol–water partition coefficient (Wildman–Crippen LogP) is 1.55. The van der Waals surface area contributed by atoms with Crippen LogP contribution in [-0.2, 0) is 31.0 Å². The molecule has 0 spiro atoms. The molecule has 1 fully saturated rings. The molecule has 0 radical (unpaired) electrons. The van der Waals surface area contributed by atoms with Crippen LogP contribution in [-0.4, -0.2) is 90.3 Å². The molecule has 1 aliphatic rings. The normalized spacial score (nSPS) is 15.7. The number of nitrogens with zero attached hydrogens (tertiary/aromatic N) is 2. The number of furan rings is 1. The van der Waals surface area contributed by atoms with Crippen molar-refractivity contribution >= 4 is 22.0 Å². The maximum atomic E-state index is 13.3. The molecule has 0 saturated carbocycles. The highest BCUT2D eigenvalue weighted by Crippen LogP contribution is 2.29. The number of benzene rings is 1. The number of β-amino-alcohol motifs (C(OH)–C–C–N with tert-alkyl or cyclic N) is 1. The van der Waals surface area contributed by atoms with Crippen LogP contribution in [0.4, 0.5) is 0 Å². The van der Waals surface area contributed by atoms with Crippen LogP contribution < -0.4 is 0 Å². The van der Waals surface area contributed by atoms with E-state index >= 15 is 0 Å². The lowest BCUT2D eigenvalue weighted by Gasteiger charge is -2.35. The summed E-state index contributed by atoms with van der Waals surface area (Å²) in [6.45, 7) is 10.6. The Kier molecular flexibility index (Phi) is 10.6. The topological polar surface area (TPSA) is 158 Å². The molecule has 1 unspecified atom stereocenters. The third-order valence-electron chi connectivity index (χ3n) is 6.01. The summed E-state index contributed by atoms with van der Waals surface area (Å²) in [7, 11) is -3.55. The summed E-state index contributed by atoms with van der Waals surface area (Å²) in [5, 5.41) is 25.0. The lowest BCUT2D eigenvalue weighted by molar-refractivity contribution is -0.159. The van der Waals surface area contributed by atoms with Gasteiger partial charge in [0.2, 0.25) is 10.0 Å². The minimum atomic E-state index is -3.55. The Labute approximate surface area is 210 Å². The summed E-state index contributed by atoms with van der Waals surface area (Å²) in [6.07, 6.45) is 0.955. The van der Waals surface area contributed by atoms with Gasteiger partial charge < -0.3 is 24.5 Å².